The van der Waals surface area contributed by atoms with E-state index in [-0.39, 0.29) is 5.82 Å². The van der Waals surface area contributed by atoms with E-state index < -0.39 is 11.4 Å². The topological polar surface area (TPSA) is 43.8 Å². The molecule has 2 rings (SSSR count). The molecule has 24 heavy (non-hydrogen) atoms. The molecule has 0 radical (unpaired) electrons. The van der Waals surface area contributed by atoms with Gasteiger partial charge >= 0.3 is 5.97 Å². The maximum atomic E-state index is 13.8. The van der Waals surface area contributed by atoms with E-state index in [1.165, 1.54) is 6.07 Å². The van der Waals surface area contributed by atoms with Gasteiger partial charge in [-0.2, -0.15) is 0 Å². The molecule has 1 N–H and O–H groups in total. The first kappa shape index (κ1) is 18.7. The van der Waals surface area contributed by atoms with E-state index in [1.54, 1.807) is 13.0 Å². The maximum Gasteiger partial charge on any atom is 0.310 e. The van der Waals surface area contributed by atoms with Crippen LogP contribution in [-0.4, -0.2) is 42.7 Å². The number of halogens is 1. The summed E-state index contributed by atoms with van der Waals surface area (Å²) in [6.07, 6.45) is 1.74. The Morgan fingerprint density at radius 3 is 2.79 bits per heavy atom. The first-order chi connectivity index (χ1) is 11.2. The largest absolute Gasteiger partial charge is 0.481 e. The van der Waals surface area contributed by atoms with Crippen LogP contribution in [-0.2, 0) is 11.3 Å². The highest BCUT2D eigenvalue weighted by Gasteiger charge is 2.40. The van der Waals surface area contributed by atoms with Crippen LogP contribution in [0.3, 0.4) is 0 Å². The number of carbonyl (C=O) groups is 1. The predicted octanol–water partition coefficient (Wildman–Crippen LogP) is 3.60. The monoisotopic (exact) mass is 336 g/mol. The zero-order valence-electron chi connectivity index (χ0n) is 15.2. The Labute approximate surface area is 144 Å². The summed E-state index contributed by atoms with van der Waals surface area (Å²) in [4.78, 5) is 15.7. The number of likely N-dealkylation sites (tertiary alicyclic amines) is 1. The number of benzene rings is 1. The van der Waals surface area contributed by atoms with Crippen molar-refractivity contribution in [1.82, 2.24) is 4.90 Å². The average molecular weight is 336 g/mol. The van der Waals surface area contributed by atoms with Crippen molar-refractivity contribution in [3.05, 3.63) is 29.6 Å². The van der Waals surface area contributed by atoms with Crippen molar-refractivity contribution in [1.29, 1.82) is 0 Å². The molecule has 1 heterocycles. The third-order valence-electron chi connectivity index (χ3n) is 5.20. The molecule has 1 saturated heterocycles. The first-order valence-corrected chi connectivity index (χ1v) is 8.70. The highest BCUT2D eigenvalue weighted by Crippen LogP contribution is 2.32. The van der Waals surface area contributed by atoms with Gasteiger partial charge in [-0.25, -0.2) is 4.39 Å². The number of carboxylic acids is 1. The highest BCUT2D eigenvalue weighted by atomic mass is 19.1. The van der Waals surface area contributed by atoms with Gasteiger partial charge in [-0.15, -0.1) is 0 Å². The molecule has 0 amide bonds. The van der Waals surface area contributed by atoms with Crippen LogP contribution in [0.15, 0.2) is 18.2 Å². The lowest BCUT2D eigenvalue weighted by atomic mass is 9.90. The molecule has 5 heteroatoms. The molecule has 0 saturated carbocycles. The predicted molar refractivity (Wildman–Crippen MR) is 94.8 cm³/mol. The van der Waals surface area contributed by atoms with Crippen LogP contribution in [0.5, 0.6) is 0 Å². The van der Waals surface area contributed by atoms with Crippen LogP contribution in [0, 0.1) is 17.2 Å². The molecule has 1 fully saturated rings. The molecule has 0 spiro atoms. The van der Waals surface area contributed by atoms with Gasteiger partial charge in [-0.05, 0) is 49.6 Å². The zero-order valence-corrected chi connectivity index (χ0v) is 15.2. The Bertz CT molecular complexity index is 593. The fraction of sp³-hybridized carbons (Fsp3) is 0.632. The minimum absolute atomic E-state index is 0.245. The van der Waals surface area contributed by atoms with Gasteiger partial charge in [0.1, 0.15) is 5.82 Å². The molecule has 134 valence electrons. The van der Waals surface area contributed by atoms with Gasteiger partial charge in [0.2, 0.25) is 0 Å². The second-order valence-corrected chi connectivity index (χ2v) is 7.49. The molecule has 0 aliphatic carbocycles. The Morgan fingerprint density at radius 2 is 2.21 bits per heavy atom. The maximum absolute atomic E-state index is 13.8. The molecule has 2 atom stereocenters. The lowest BCUT2D eigenvalue weighted by Gasteiger charge is -2.27. The highest BCUT2D eigenvalue weighted by molar-refractivity contribution is 5.74. The second-order valence-electron chi connectivity index (χ2n) is 7.49. The summed E-state index contributed by atoms with van der Waals surface area (Å²) in [6, 6.07) is 4.91. The van der Waals surface area contributed by atoms with Gasteiger partial charge < -0.3 is 10.0 Å². The van der Waals surface area contributed by atoms with Crippen molar-refractivity contribution in [2.45, 2.75) is 40.2 Å². The first-order valence-electron chi connectivity index (χ1n) is 8.70. The van der Waals surface area contributed by atoms with Crippen molar-refractivity contribution in [3.63, 3.8) is 0 Å². The molecule has 1 aliphatic heterocycles. The van der Waals surface area contributed by atoms with Crippen LogP contribution in [0.4, 0.5) is 10.1 Å². The van der Waals surface area contributed by atoms with Crippen LogP contribution in [0.2, 0.25) is 0 Å². The second kappa shape index (κ2) is 7.51. The van der Waals surface area contributed by atoms with Crippen LogP contribution in [0.25, 0.3) is 0 Å². The van der Waals surface area contributed by atoms with Crippen molar-refractivity contribution in [3.8, 4) is 0 Å². The number of hydrogen-bond donors (Lipinski definition) is 1. The van der Waals surface area contributed by atoms with Crippen molar-refractivity contribution in [2.24, 2.45) is 11.3 Å². The summed E-state index contributed by atoms with van der Waals surface area (Å²) < 4.78 is 13.8. The Morgan fingerprint density at radius 1 is 1.50 bits per heavy atom. The Balaban J connectivity index is 2.15. The number of rotatable bonds is 7. The Hall–Kier alpha value is -1.62. The molecular formula is C19H29FN2O2. The molecule has 1 aromatic rings. The van der Waals surface area contributed by atoms with Gasteiger partial charge in [-0.1, -0.05) is 20.3 Å². The summed E-state index contributed by atoms with van der Waals surface area (Å²) in [5.41, 5.74) is 1.26. The molecule has 1 aliphatic rings. The van der Waals surface area contributed by atoms with E-state index in [2.05, 4.69) is 23.6 Å². The van der Waals surface area contributed by atoms with E-state index in [1.807, 2.05) is 13.1 Å². The average Bonchev–Trinajstić information content (AvgIpc) is 2.89. The van der Waals surface area contributed by atoms with E-state index in [9.17, 15) is 14.3 Å². The minimum Gasteiger partial charge on any atom is -0.481 e. The van der Waals surface area contributed by atoms with Gasteiger partial charge in [0.15, 0.2) is 0 Å². The molecule has 0 aromatic heterocycles. The van der Waals surface area contributed by atoms with E-state index in [0.29, 0.717) is 25.4 Å². The molecule has 4 nitrogen and oxygen atoms in total. The quantitative estimate of drug-likeness (QED) is 0.826. The smallest absolute Gasteiger partial charge is 0.310 e. The standard InChI is InChI=1S/C19H29FN2O2/c1-5-14(2)11-21(4)17-7-6-16(20)10-15(17)12-22-9-8-19(3,13-22)18(23)24/h6-7,10,14H,5,8-9,11-13H2,1-4H3,(H,23,24). The number of carboxylic acid groups (broad SMARTS) is 1. The van der Waals surface area contributed by atoms with Gasteiger partial charge in [0, 0.05) is 32.4 Å². The minimum atomic E-state index is -0.752. The lowest BCUT2D eigenvalue weighted by molar-refractivity contribution is -0.147. The van der Waals surface area contributed by atoms with Gasteiger partial charge in [-0.3, -0.25) is 9.69 Å². The van der Waals surface area contributed by atoms with E-state index in [0.717, 1.165) is 30.8 Å². The number of nitrogens with zero attached hydrogens (tertiary/aromatic N) is 2. The number of hydrogen-bond acceptors (Lipinski definition) is 3. The fourth-order valence-corrected chi connectivity index (χ4v) is 3.36. The van der Waals surface area contributed by atoms with Crippen molar-refractivity contribution >= 4 is 11.7 Å². The lowest BCUT2D eigenvalue weighted by Crippen LogP contribution is -2.32. The summed E-state index contributed by atoms with van der Waals surface area (Å²) in [5, 5.41) is 9.37. The number of aliphatic carboxylic acids is 1. The normalized spacial score (nSPS) is 22.5. The van der Waals surface area contributed by atoms with Crippen LogP contribution in [0.1, 0.15) is 39.2 Å². The van der Waals surface area contributed by atoms with Crippen molar-refractivity contribution in [2.75, 3.05) is 31.6 Å². The summed E-state index contributed by atoms with van der Waals surface area (Å²) in [6.45, 7) is 8.90. The molecule has 0 bridgehead atoms. The van der Waals surface area contributed by atoms with Gasteiger partial charge in [0.05, 0.1) is 5.41 Å². The van der Waals surface area contributed by atoms with Gasteiger partial charge in [0.25, 0.3) is 0 Å². The number of anilines is 1. The van der Waals surface area contributed by atoms with Crippen LogP contribution < -0.4 is 4.90 Å². The van der Waals surface area contributed by atoms with E-state index in [4.69, 9.17) is 0 Å². The summed E-state index contributed by atoms with van der Waals surface area (Å²) in [7, 11) is 2.04. The summed E-state index contributed by atoms with van der Waals surface area (Å²) in [5.74, 6) is -0.431. The fourth-order valence-electron chi connectivity index (χ4n) is 3.36. The Kier molecular flexibility index (Phi) is 5.86. The zero-order chi connectivity index (χ0) is 17.9. The third kappa shape index (κ3) is 4.26. The van der Waals surface area contributed by atoms with E-state index >= 15 is 0 Å². The summed E-state index contributed by atoms with van der Waals surface area (Å²) >= 11 is 0. The third-order valence-corrected chi connectivity index (χ3v) is 5.20. The van der Waals surface area contributed by atoms with Crippen LogP contribution >= 0.6 is 0 Å². The molecular weight excluding hydrogens is 307 g/mol. The SMILES string of the molecule is CCC(C)CN(C)c1ccc(F)cc1CN1CCC(C)(C(=O)O)C1. The molecule has 1 aromatic carbocycles. The molecule has 2 unspecified atom stereocenters. The van der Waals surface area contributed by atoms with Crippen molar-refractivity contribution < 1.29 is 14.3 Å².